The maximum atomic E-state index is 11.8. The number of hydrogen-bond acceptors (Lipinski definition) is 4. The fourth-order valence-corrected chi connectivity index (χ4v) is 1.88. The van der Waals surface area contributed by atoms with E-state index in [2.05, 4.69) is 16.1 Å². The minimum Gasteiger partial charge on any atom is -0.449 e. The zero-order valence-corrected chi connectivity index (χ0v) is 10.8. The van der Waals surface area contributed by atoms with E-state index < -0.39 is 11.6 Å². The average Bonchev–Trinajstić information content (AvgIpc) is 2.38. The molecule has 0 spiro atoms. The Bertz CT molecular complexity index is 396. The van der Waals surface area contributed by atoms with Gasteiger partial charge in [-0.05, 0) is 12.5 Å². The van der Waals surface area contributed by atoms with Gasteiger partial charge in [0, 0.05) is 23.9 Å². The molecule has 3 unspecified atom stereocenters. The lowest BCUT2D eigenvalue weighted by Crippen LogP contribution is -2.42. The SMILES string of the molecule is C=CCC(C)C(O)(C(=O)OP)c1cccnc1. The van der Waals surface area contributed by atoms with Gasteiger partial charge in [-0.1, -0.05) is 19.1 Å². The molecule has 0 aromatic carbocycles. The quantitative estimate of drug-likeness (QED) is 0.642. The summed E-state index contributed by atoms with van der Waals surface area (Å²) in [7, 11) is 1.86. The molecule has 4 nitrogen and oxygen atoms in total. The molecule has 0 amide bonds. The van der Waals surface area contributed by atoms with Gasteiger partial charge in [-0.15, -0.1) is 6.58 Å². The van der Waals surface area contributed by atoms with Crippen molar-refractivity contribution in [3.8, 4) is 0 Å². The molecule has 1 rings (SSSR count). The normalized spacial score (nSPS) is 15.7. The Hall–Kier alpha value is -1.25. The highest BCUT2D eigenvalue weighted by Gasteiger charge is 2.44. The molecular weight excluding hydrogens is 237 g/mol. The Morgan fingerprint density at radius 2 is 2.53 bits per heavy atom. The molecule has 0 aliphatic carbocycles. The molecule has 1 aromatic rings. The van der Waals surface area contributed by atoms with Crippen LogP contribution >= 0.6 is 9.47 Å². The molecule has 92 valence electrons. The smallest absolute Gasteiger partial charge is 0.345 e. The topological polar surface area (TPSA) is 59.4 Å². The van der Waals surface area contributed by atoms with E-state index in [1.54, 1.807) is 31.3 Å². The molecule has 0 aliphatic heterocycles. The van der Waals surface area contributed by atoms with Crippen LogP contribution in [0.25, 0.3) is 0 Å². The van der Waals surface area contributed by atoms with Crippen LogP contribution in [0.1, 0.15) is 18.9 Å². The summed E-state index contributed by atoms with van der Waals surface area (Å²) in [6, 6.07) is 3.31. The van der Waals surface area contributed by atoms with E-state index in [1.807, 2.05) is 9.47 Å². The summed E-state index contributed by atoms with van der Waals surface area (Å²) in [6.07, 6.45) is 5.18. The molecule has 1 heterocycles. The lowest BCUT2D eigenvalue weighted by molar-refractivity contribution is -0.161. The van der Waals surface area contributed by atoms with Crippen LogP contribution in [0, 0.1) is 5.92 Å². The Morgan fingerprint density at radius 1 is 1.82 bits per heavy atom. The van der Waals surface area contributed by atoms with Gasteiger partial charge in [0.15, 0.2) is 5.60 Å². The number of allylic oxidation sites excluding steroid dienone is 1. The lowest BCUT2D eigenvalue weighted by Gasteiger charge is -2.30. The maximum Gasteiger partial charge on any atom is 0.345 e. The highest BCUT2D eigenvalue weighted by atomic mass is 31.0. The van der Waals surface area contributed by atoms with Gasteiger partial charge in [-0.25, -0.2) is 4.79 Å². The molecule has 17 heavy (non-hydrogen) atoms. The largest absolute Gasteiger partial charge is 0.449 e. The number of aromatic nitrogens is 1. The number of aliphatic hydroxyl groups is 1. The fourth-order valence-electron chi connectivity index (χ4n) is 1.70. The van der Waals surface area contributed by atoms with Crippen LogP contribution in [-0.2, 0) is 14.9 Å². The van der Waals surface area contributed by atoms with Crippen molar-refractivity contribution < 1.29 is 14.4 Å². The third-order valence-electron chi connectivity index (χ3n) is 2.75. The summed E-state index contributed by atoms with van der Waals surface area (Å²) < 4.78 is 4.60. The predicted molar refractivity (Wildman–Crippen MR) is 67.9 cm³/mol. The summed E-state index contributed by atoms with van der Waals surface area (Å²) in [4.78, 5) is 15.7. The Kier molecular flexibility index (Phi) is 4.79. The molecular formula is C12H16NO3P. The van der Waals surface area contributed by atoms with E-state index in [0.717, 1.165) is 0 Å². The maximum absolute atomic E-state index is 11.8. The van der Waals surface area contributed by atoms with Crippen molar-refractivity contribution in [3.05, 3.63) is 42.7 Å². The van der Waals surface area contributed by atoms with Crippen molar-refractivity contribution in [1.29, 1.82) is 0 Å². The predicted octanol–water partition coefficient (Wildman–Crippen LogP) is 1.81. The van der Waals surface area contributed by atoms with E-state index in [-0.39, 0.29) is 5.92 Å². The van der Waals surface area contributed by atoms with Crippen molar-refractivity contribution in [1.82, 2.24) is 4.98 Å². The second-order valence-electron chi connectivity index (χ2n) is 3.84. The molecule has 0 saturated carbocycles. The van der Waals surface area contributed by atoms with Crippen molar-refractivity contribution in [3.63, 3.8) is 0 Å². The van der Waals surface area contributed by atoms with Crippen LogP contribution in [0.4, 0.5) is 0 Å². The minimum absolute atomic E-state index is 0.350. The van der Waals surface area contributed by atoms with Crippen molar-refractivity contribution in [2.75, 3.05) is 0 Å². The summed E-state index contributed by atoms with van der Waals surface area (Å²) >= 11 is 0. The second-order valence-corrected chi connectivity index (χ2v) is 4.07. The van der Waals surface area contributed by atoms with Crippen molar-refractivity contribution in [2.45, 2.75) is 18.9 Å². The third kappa shape index (κ3) is 2.71. The van der Waals surface area contributed by atoms with Crippen molar-refractivity contribution in [2.24, 2.45) is 5.92 Å². The van der Waals surface area contributed by atoms with E-state index in [1.165, 1.54) is 6.20 Å². The molecule has 3 atom stereocenters. The zero-order valence-electron chi connectivity index (χ0n) is 9.67. The minimum atomic E-state index is -1.70. The summed E-state index contributed by atoms with van der Waals surface area (Å²) in [6.45, 7) is 5.37. The van der Waals surface area contributed by atoms with Crippen LogP contribution in [0.5, 0.6) is 0 Å². The Morgan fingerprint density at radius 3 is 3.00 bits per heavy atom. The van der Waals surface area contributed by atoms with Gasteiger partial charge >= 0.3 is 5.97 Å². The molecule has 0 radical (unpaired) electrons. The second kappa shape index (κ2) is 5.89. The molecule has 1 aromatic heterocycles. The van der Waals surface area contributed by atoms with Gasteiger partial charge in [0.25, 0.3) is 0 Å². The molecule has 0 saturated heterocycles. The lowest BCUT2D eigenvalue weighted by atomic mass is 9.81. The molecule has 0 bridgehead atoms. The summed E-state index contributed by atoms with van der Waals surface area (Å²) in [5, 5.41) is 10.6. The van der Waals surface area contributed by atoms with E-state index in [9.17, 15) is 9.90 Å². The number of rotatable bonds is 5. The highest BCUT2D eigenvalue weighted by Crippen LogP contribution is 2.33. The third-order valence-corrected chi connectivity index (χ3v) is 2.97. The highest BCUT2D eigenvalue weighted by molar-refractivity contribution is 7.10. The number of pyridine rings is 1. The monoisotopic (exact) mass is 253 g/mol. The average molecular weight is 253 g/mol. The number of nitrogens with zero attached hydrogens (tertiary/aromatic N) is 1. The van der Waals surface area contributed by atoms with Gasteiger partial charge in [0.1, 0.15) is 0 Å². The molecule has 0 aliphatic rings. The van der Waals surface area contributed by atoms with Crippen LogP contribution in [-0.4, -0.2) is 16.1 Å². The summed E-state index contributed by atoms with van der Waals surface area (Å²) in [5.74, 6) is -1.07. The molecule has 0 fully saturated rings. The molecule has 5 heteroatoms. The number of carbonyl (C=O) groups is 1. The first-order chi connectivity index (χ1) is 8.07. The first-order valence-electron chi connectivity index (χ1n) is 5.22. The number of carbonyl (C=O) groups excluding carboxylic acids is 1. The van der Waals surface area contributed by atoms with E-state index in [4.69, 9.17) is 0 Å². The molecule has 1 N–H and O–H groups in total. The first-order valence-corrected chi connectivity index (χ1v) is 5.69. The van der Waals surface area contributed by atoms with Gasteiger partial charge in [-0.3, -0.25) is 4.98 Å². The van der Waals surface area contributed by atoms with Crippen LogP contribution in [0.15, 0.2) is 37.2 Å². The van der Waals surface area contributed by atoms with Gasteiger partial charge in [0.2, 0.25) is 0 Å². The summed E-state index contributed by atoms with van der Waals surface area (Å²) in [5.41, 5.74) is -1.29. The Labute approximate surface area is 103 Å². The standard InChI is InChI=1S/C12H16NO3P/c1-3-5-9(2)12(15,11(14)16-17)10-6-4-7-13-8-10/h3-4,6-9,15H,1,5,17H2,2H3. The van der Waals surface area contributed by atoms with Crippen LogP contribution < -0.4 is 0 Å². The number of hydrogen-bond donors (Lipinski definition) is 1. The fraction of sp³-hybridized carbons (Fsp3) is 0.333. The van der Waals surface area contributed by atoms with E-state index >= 15 is 0 Å². The Balaban J connectivity index is 3.19. The van der Waals surface area contributed by atoms with Crippen molar-refractivity contribution >= 4 is 15.4 Å². The van der Waals surface area contributed by atoms with Gasteiger partial charge in [-0.2, -0.15) is 0 Å². The zero-order chi connectivity index (χ0) is 12.9. The first kappa shape index (κ1) is 13.8. The van der Waals surface area contributed by atoms with Crippen LogP contribution in [0.3, 0.4) is 0 Å². The van der Waals surface area contributed by atoms with Crippen LogP contribution in [0.2, 0.25) is 0 Å². The van der Waals surface area contributed by atoms with Gasteiger partial charge < -0.3 is 9.63 Å². The van der Waals surface area contributed by atoms with E-state index in [0.29, 0.717) is 12.0 Å². The van der Waals surface area contributed by atoms with Gasteiger partial charge in [0.05, 0.1) is 9.47 Å².